The summed E-state index contributed by atoms with van der Waals surface area (Å²) in [5.74, 6) is 0.870. The minimum Gasteiger partial charge on any atom is -0.497 e. The smallest absolute Gasteiger partial charge is 0.336 e. The summed E-state index contributed by atoms with van der Waals surface area (Å²) in [7, 11) is 1.49. The second kappa shape index (κ2) is 21.1. The van der Waals surface area contributed by atoms with Crippen molar-refractivity contribution < 1.29 is 52.4 Å². The van der Waals surface area contributed by atoms with Gasteiger partial charge in [0.25, 0.3) is 0 Å². The summed E-state index contributed by atoms with van der Waals surface area (Å²) >= 11 is 0. The Bertz CT molecular complexity index is 2020. The number of ether oxygens (including phenoxy) is 5. The minimum absolute atomic E-state index is 0.119. The number of rotatable bonds is 21. The van der Waals surface area contributed by atoms with E-state index in [4.69, 9.17) is 33.6 Å². The van der Waals surface area contributed by atoms with E-state index in [1.54, 1.807) is 18.2 Å². The number of nitrogens with one attached hydrogen (secondary N) is 1. The van der Waals surface area contributed by atoms with Crippen molar-refractivity contribution in [1.82, 2.24) is 5.32 Å². The maximum atomic E-state index is 13.6. The van der Waals surface area contributed by atoms with Crippen molar-refractivity contribution in [3.63, 3.8) is 0 Å². The molecule has 0 aliphatic heterocycles. The monoisotopic (exact) mass is 864 g/mol. The Balaban J connectivity index is 0.970. The molecule has 2 N–H and O–H groups in total. The molecule has 16 heteroatoms. The SMILES string of the molecule is COc1ccc2c(CC(=O)N[C@@H](CC(=O)O)C(=O)O[C@@H]3CC[C@@]4(C)[C@H](CC[C@@H]5[C@@H]4CC[C@]4(C)[C@@H]([C@H](C)CCC(=O)OCCOCCOCCN=[N+]=[N-])CC[C@@H]54)C3)cc(=O)oc2c1. The molecule has 4 aliphatic carbocycles. The Morgan fingerprint density at radius 3 is 2.47 bits per heavy atom. The summed E-state index contributed by atoms with van der Waals surface area (Å²) < 4.78 is 32.7. The third-order valence-electron chi connectivity index (χ3n) is 15.1. The average Bonchev–Trinajstić information content (AvgIpc) is 3.60. The second-order valence-corrected chi connectivity index (χ2v) is 18.5. The van der Waals surface area contributed by atoms with Gasteiger partial charge >= 0.3 is 23.5 Å². The van der Waals surface area contributed by atoms with Crippen LogP contribution >= 0.6 is 0 Å². The summed E-state index contributed by atoms with van der Waals surface area (Å²) in [5, 5.41) is 16.2. The van der Waals surface area contributed by atoms with Crippen molar-refractivity contribution in [1.29, 1.82) is 0 Å². The largest absolute Gasteiger partial charge is 0.497 e. The fourth-order valence-electron chi connectivity index (χ4n) is 12.1. The number of esters is 2. The molecular formula is C46H64N4O12. The normalized spacial score (nSPS) is 28.6. The zero-order valence-electron chi connectivity index (χ0n) is 36.6. The molecule has 4 fully saturated rings. The molecule has 0 spiro atoms. The van der Waals surface area contributed by atoms with Gasteiger partial charge in [0.05, 0.1) is 46.4 Å². The first-order valence-corrected chi connectivity index (χ1v) is 22.4. The summed E-state index contributed by atoms with van der Waals surface area (Å²) in [6.07, 6.45) is 9.17. The van der Waals surface area contributed by atoms with Crippen LogP contribution in [0.4, 0.5) is 0 Å². The highest BCUT2D eigenvalue weighted by molar-refractivity contribution is 5.91. The van der Waals surface area contributed by atoms with E-state index in [0.29, 0.717) is 97.9 Å². The lowest BCUT2D eigenvalue weighted by atomic mass is 9.44. The molecule has 1 aromatic carbocycles. The van der Waals surface area contributed by atoms with Gasteiger partial charge in [0.15, 0.2) is 0 Å². The van der Waals surface area contributed by atoms with Crippen molar-refractivity contribution in [3.8, 4) is 5.75 Å². The van der Waals surface area contributed by atoms with Gasteiger partial charge in [0, 0.05) is 35.4 Å². The molecule has 1 heterocycles. The number of azide groups is 1. The van der Waals surface area contributed by atoms with Gasteiger partial charge in [0.2, 0.25) is 5.91 Å². The number of carboxylic acids is 1. The van der Waals surface area contributed by atoms with Gasteiger partial charge in [-0.25, -0.2) is 9.59 Å². The van der Waals surface area contributed by atoms with Crippen molar-refractivity contribution >= 4 is 34.8 Å². The molecule has 0 unspecified atom stereocenters. The van der Waals surface area contributed by atoms with E-state index in [1.807, 2.05) is 0 Å². The van der Waals surface area contributed by atoms with Crippen LogP contribution in [0.15, 0.2) is 38.6 Å². The lowest BCUT2D eigenvalue weighted by Crippen LogP contribution is -2.54. The molecule has 0 bridgehead atoms. The van der Waals surface area contributed by atoms with Crippen LogP contribution in [0.25, 0.3) is 21.4 Å². The first-order valence-electron chi connectivity index (χ1n) is 22.4. The van der Waals surface area contributed by atoms with Crippen LogP contribution < -0.4 is 15.7 Å². The summed E-state index contributed by atoms with van der Waals surface area (Å²) in [6.45, 7) is 9.15. The van der Waals surface area contributed by atoms with Crippen LogP contribution in [0.3, 0.4) is 0 Å². The number of carbonyl (C=O) groups excluding carboxylic acids is 3. The quantitative estimate of drug-likeness (QED) is 0.0318. The predicted octanol–water partition coefficient (Wildman–Crippen LogP) is 7.18. The van der Waals surface area contributed by atoms with Gasteiger partial charge in [-0.15, -0.1) is 0 Å². The number of fused-ring (bicyclic) bond motifs is 6. The van der Waals surface area contributed by atoms with E-state index in [9.17, 15) is 29.1 Å². The highest BCUT2D eigenvalue weighted by Crippen LogP contribution is 2.68. The molecule has 1 aromatic heterocycles. The maximum absolute atomic E-state index is 13.6. The number of carboxylic acid groups (broad SMARTS) is 1. The third-order valence-corrected chi connectivity index (χ3v) is 15.1. The molecule has 0 saturated heterocycles. The molecule has 4 saturated carbocycles. The molecule has 16 nitrogen and oxygen atoms in total. The van der Waals surface area contributed by atoms with Crippen molar-refractivity contribution in [2.75, 3.05) is 46.7 Å². The van der Waals surface area contributed by atoms with E-state index in [2.05, 4.69) is 36.1 Å². The van der Waals surface area contributed by atoms with Crippen molar-refractivity contribution in [2.45, 2.75) is 116 Å². The first-order chi connectivity index (χ1) is 29.7. The fraction of sp³-hybridized carbons (Fsp3) is 0.717. The summed E-state index contributed by atoms with van der Waals surface area (Å²) in [4.78, 5) is 66.2. The third kappa shape index (κ3) is 11.1. The van der Waals surface area contributed by atoms with Gasteiger partial charge in [-0.05, 0) is 134 Å². The van der Waals surface area contributed by atoms with E-state index in [0.717, 1.165) is 32.1 Å². The number of benzene rings is 1. The van der Waals surface area contributed by atoms with Gasteiger partial charge in [-0.1, -0.05) is 25.9 Å². The standard InChI is InChI=1S/C46H64N4O12/c1-28(5-12-42(54)60-22-21-59-20-19-58-18-17-48-50-47)35-10-11-36-34-8-6-30-25-32(13-15-45(30,2)37(34)14-16-46(35,36)3)61-44(56)38(27-41(52)53)49-40(51)23-29-24-43(55)62-39-26-31(57-4)7-9-33(29)39/h7,9,24,26,28,30,32,34-38H,5-6,8,10-23,25,27H2,1-4H3,(H,49,51)(H,52,53)/t28-,30-,32-,34+,35-,36+,37+,38+,45+,46-/m1/s1. The molecule has 62 heavy (non-hydrogen) atoms. The lowest BCUT2D eigenvalue weighted by molar-refractivity contribution is -0.167. The zero-order chi connectivity index (χ0) is 44.4. The van der Waals surface area contributed by atoms with Crippen LogP contribution in [0.2, 0.25) is 0 Å². The molecule has 6 rings (SSSR count). The maximum Gasteiger partial charge on any atom is 0.336 e. The summed E-state index contributed by atoms with van der Waals surface area (Å²) in [5.41, 5.74) is 8.61. The highest BCUT2D eigenvalue weighted by Gasteiger charge is 2.60. The van der Waals surface area contributed by atoms with Gasteiger partial charge in [-0.2, -0.15) is 0 Å². The second-order valence-electron chi connectivity index (χ2n) is 18.5. The van der Waals surface area contributed by atoms with Crippen molar-refractivity contribution in [2.24, 2.45) is 51.5 Å². The van der Waals surface area contributed by atoms with Gasteiger partial charge < -0.3 is 38.5 Å². The number of hydrogen-bond donors (Lipinski definition) is 2. The number of methoxy groups -OCH3 is 1. The molecule has 10 atom stereocenters. The van der Waals surface area contributed by atoms with E-state index in [1.165, 1.54) is 32.4 Å². The molecular weight excluding hydrogens is 801 g/mol. The number of aliphatic carboxylic acids is 1. The Morgan fingerprint density at radius 2 is 1.71 bits per heavy atom. The predicted molar refractivity (Wildman–Crippen MR) is 227 cm³/mol. The number of nitrogens with zero attached hydrogens (tertiary/aromatic N) is 3. The van der Waals surface area contributed by atoms with Crippen LogP contribution in [-0.4, -0.2) is 87.8 Å². The average molecular weight is 865 g/mol. The van der Waals surface area contributed by atoms with Crippen molar-refractivity contribution in [3.05, 3.63) is 50.7 Å². The number of amides is 1. The van der Waals surface area contributed by atoms with E-state index >= 15 is 0 Å². The Kier molecular flexibility index (Phi) is 16.0. The Morgan fingerprint density at radius 1 is 0.968 bits per heavy atom. The molecule has 340 valence electrons. The van der Waals surface area contributed by atoms with Crippen LogP contribution in [0, 0.1) is 46.3 Å². The minimum atomic E-state index is -1.38. The van der Waals surface area contributed by atoms with E-state index < -0.39 is 35.9 Å². The Labute approximate surface area is 362 Å². The molecule has 0 radical (unpaired) electrons. The fourth-order valence-corrected chi connectivity index (χ4v) is 12.1. The van der Waals surface area contributed by atoms with Crippen LogP contribution in [0.5, 0.6) is 5.75 Å². The lowest BCUT2D eigenvalue weighted by Gasteiger charge is -2.61. The van der Waals surface area contributed by atoms with Gasteiger partial charge in [0.1, 0.15) is 30.1 Å². The zero-order valence-corrected chi connectivity index (χ0v) is 36.6. The number of hydrogen-bond acceptors (Lipinski definition) is 12. The topological polar surface area (TPSA) is 226 Å². The first kappa shape index (κ1) is 46.8. The summed E-state index contributed by atoms with van der Waals surface area (Å²) in [6, 6.07) is 4.74. The number of carbonyl (C=O) groups is 4. The Hall–Kier alpha value is -4.66. The molecule has 2 aromatic rings. The molecule has 1 amide bonds. The van der Waals surface area contributed by atoms with E-state index in [-0.39, 0.29) is 48.1 Å². The van der Waals surface area contributed by atoms with Crippen LogP contribution in [-0.2, 0) is 44.5 Å². The highest BCUT2D eigenvalue weighted by atomic mass is 16.6. The van der Waals surface area contributed by atoms with Crippen LogP contribution in [0.1, 0.15) is 103 Å². The van der Waals surface area contributed by atoms with Gasteiger partial charge in [-0.3, -0.25) is 14.4 Å². The molecule has 4 aliphatic rings.